The first-order valence-corrected chi connectivity index (χ1v) is 9.36. The van der Waals surface area contributed by atoms with E-state index >= 15 is 0 Å². The molecule has 27 heavy (non-hydrogen) atoms. The second-order valence-electron chi connectivity index (χ2n) is 6.35. The number of likely N-dealkylation sites (N-methyl/N-ethyl adjacent to an activating group) is 1. The molecule has 0 atom stereocenters. The molecule has 1 aliphatic heterocycles. The Hall–Kier alpha value is -0.810. The summed E-state index contributed by atoms with van der Waals surface area (Å²) in [5, 5.41) is 10.0. The summed E-state index contributed by atoms with van der Waals surface area (Å²) < 4.78 is 31.5. The molecule has 162 valence electrons. The fraction of sp³-hybridized carbons (Fsp3) is 0.944. The number of carbonyl (C=O) groups is 1. The van der Waals surface area contributed by atoms with Crippen LogP contribution in [0.3, 0.4) is 0 Å². The maximum Gasteiger partial charge on any atom is 0.102 e. The van der Waals surface area contributed by atoms with Gasteiger partial charge in [0.15, 0.2) is 0 Å². The molecule has 0 aliphatic carbocycles. The number of carboxylic acid groups (broad SMARTS) is 1. The smallest absolute Gasteiger partial charge is 0.102 e. The summed E-state index contributed by atoms with van der Waals surface area (Å²) in [6.45, 7) is 9.15. The van der Waals surface area contributed by atoms with Crippen LogP contribution in [-0.4, -0.2) is 117 Å². The van der Waals surface area contributed by atoms with E-state index in [9.17, 15) is 9.90 Å². The van der Waals surface area contributed by atoms with Crippen molar-refractivity contribution in [3.05, 3.63) is 0 Å². The molecule has 0 saturated carbocycles. The van der Waals surface area contributed by atoms with Gasteiger partial charge < -0.3 is 42.8 Å². The highest BCUT2D eigenvalue weighted by Gasteiger charge is 2.24. The topological polar surface area (TPSA) is 95.5 Å². The molecular formula is C18H37NO8. The van der Waals surface area contributed by atoms with Crippen LogP contribution < -0.4 is 5.11 Å². The average Bonchev–Trinajstić information content (AvgIpc) is 2.65. The molecule has 9 nitrogen and oxygen atoms in total. The molecule has 0 amide bonds. The molecule has 0 radical (unpaired) electrons. The number of ether oxygens (including phenoxy) is 6. The van der Waals surface area contributed by atoms with Crippen molar-refractivity contribution >= 4 is 5.97 Å². The molecule has 9 heteroatoms. The van der Waals surface area contributed by atoms with E-state index in [-0.39, 0.29) is 13.0 Å². The summed E-state index contributed by atoms with van der Waals surface area (Å²) in [5.41, 5.74) is 0. The predicted molar refractivity (Wildman–Crippen MR) is 97.4 cm³/mol. The Labute approximate surface area is 163 Å². The van der Waals surface area contributed by atoms with E-state index in [0.717, 1.165) is 43.9 Å². The number of nitrogens with zero attached hydrogens (tertiary/aromatic N) is 1. The Morgan fingerprint density at radius 1 is 0.852 bits per heavy atom. The lowest BCUT2D eigenvalue weighted by molar-refractivity contribution is -0.917. The predicted octanol–water partition coefficient (Wildman–Crippen LogP) is -1.07. The number of carbonyl (C=O) groups excluding carboxylic acids is 1. The van der Waals surface area contributed by atoms with Crippen molar-refractivity contribution < 1.29 is 42.8 Å². The summed E-state index contributed by atoms with van der Waals surface area (Å²) in [7, 11) is 5.64. The minimum absolute atomic E-state index is 0.0832. The zero-order chi connectivity index (χ0) is 20.2. The van der Waals surface area contributed by atoms with Crippen LogP contribution in [0.15, 0.2) is 0 Å². The first-order chi connectivity index (χ1) is 13.0. The van der Waals surface area contributed by atoms with E-state index < -0.39 is 5.97 Å². The minimum Gasteiger partial charge on any atom is -0.550 e. The molecule has 1 heterocycles. The lowest BCUT2D eigenvalue weighted by atomic mass is 10.3. The Bertz CT molecular complexity index is 337. The van der Waals surface area contributed by atoms with Gasteiger partial charge in [0.25, 0.3) is 0 Å². The van der Waals surface area contributed by atoms with Crippen molar-refractivity contribution in [2.24, 2.45) is 0 Å². The van der Waals surface area contributed by atoms with Crippen LogP contribution in [0.25, 0.3) is 0 Å². The van der Waals surface area contributed by atoms with Crippen molar-refractivity contribution in [3.63, 3.8) is 0 Å². The summed E-state index contributed by atoms with van der Waals surface area (Å²) in [5.74, 6) is -1.10. The molecule has 1 fully saturated rings. The molecule has 0 unspecified atom stereocenters. The number of hydrogen-bond donors (Lipinski definition) is 0. The van der Waals surface area contributed by atoms with Crippen molar-refractivity contribution in [3.8, 4) is 0 Å². The van der Waals surface area contributed by atoms with Crippen LogP contribution in [0.1, 0.15) is 6.42 Å². The number of morpholine rings is 1. The van der Waals surface area contributed by atoms with Gasteiger partial charge in [-0.1, -0.05) is 0 Å². The number of hydrogen-bond acceptors (Lipinski definition) is 8. The van der Waals surface area contributed by atoms with Gasteiger partial charge in [0, 0.05) is 26.6 Å². The average molecular weight is 395 g/mol. The summed E-state index contributed by atoms with van der Waals surface area (Å²) >= 11 is 0. The number of carboxylic acids is 1. The normalized spacial score (nSPS) is 15.8. The van der Waals surface area contributed by atoms with E-state index in [1.165, 1.54) is 0 Å². The Morgan fingerprint density at radius 3 is 1.81 bits per heavy atom. The molecule has 0 aromatic carbocycles. The standard InChI is InChI=1S/C10H20O6.C8H18NO2/c1-13-4-5-15-8-9-16-7-6-14-3-2-10(11)12;1-9(3-6-10-2)4-7-11-8-5-9/h2-9H2,1H3,(H,11,12);3-8H2,1-2H3/q;+1/p-1. The number of methoxy groups -OCH3 is 2. The van der Waals surface area contributed by atoms with Gasteiger partial charge in [0.1, 0.15) is 19.6 Å². The number of quaternary nitrogens is 1. The molecule has 1 saturated heterocycles. The number of aliphatic carboxylic acids is 1. The lowest BCUT2D eigenvalue weighted by Gasteiger charge is -2.37. The molecule has 0 aromatic rings. The van der Waals surface area contributed by atoms with Crippen LogP contribution in [0.5, 0.6) is 0 Å². The third-order valence-electron chi connectivity index (χ3n) is 4.01. The first-order valence-electron chi connectivity index (χ1n) is 9.36. The molecule has 0 aromatic heterocycles. The molecule has 0 spiro atoms. The third-order valence-corrected chi connectivity index (χ3v) is 4.01. The van der Waals surface area contributed by atoms with E-state index in [0.29, 0.717) is 39.6 Å². The van der Waals surface area contributed by atoms with E-state index in [2.05, 4.69) is 7.05 Å². The summed E-state index contributed by atoms with van der Waals surface area (Å²) in [6, 6.07) is 0. The largest absolute Gasteiger partial charge is 0.550 e. The highest BCUT2D eigenvalue weighted by Crippen LogP contribution is 2.06. The number of rotatable bonds is 15. The van der Waals surface area contributed by atoms with Crippen molar-refractivity contribution in [2.75, 3.05) is 107 Å². The molecule has 0 N–H and O–H groups in total. The monoisotopic (exact) mass is 395 g/mol. The second kappa shape index (κ2) is 18.5. The fourth-order valence-electron chi connectivity index (χ4n) is 2.16. The van der Waals surface area contributed by atoms with Gasteiger partial charge in [-0.2, -0.15) is 0 Å². The van der Waals surface area contributed by atoms with Gasteiger partial charge in [-0.25, -0.2) is 0 Å². The molecule has 1 rings (SSSR count). The molecule has 1 aliphatic rings. The first kappa shape index (κ1) is 26.2. The molecular weight excluding hydrogens is 358 g/mol. The Kier molecular flexibility index (Phi) is 18.0. The van der Waals surface area contributed by atoms with E-state index in [1.807, 2.05) is 0 Å². The van der Waals surface area contributed by atoms with Crippen LogP contribution in [0, 0.1) is 0 Å². The second-order valence-corrected chi connectivity index (χ2v) is 6.35. The van der Waals surface area contributed by atoms with E-state index in [1.54, 1.807) is 14.2 Å². The minimum atomic E-state index is -1.10. The zero-order valence-electron chi connectivity index (χ0n) is 17.1. The molecule has 0 bridgehead atoms. The van der Waals surface area contributed by atoms with Gasteiger partial charge in [-0.3, -0.25) is 0 Å². The quantitative estimate of drug-likeness (QED) is 0.256. The zero-order valence-corrected chi connectivity index (χ0v) is 17.1. The van der Waals surface area contributed by atoms with Crippen molar-refractivity contribution in [1.82, 2.24) is 0 Å². The highest BCUT2D eigenvalue weighted by molar-refractivity contribution is 5.64. The van der Waals surface area contributed by atoms with Crippen LogP contribution in [0.2, 0.25) is 0 Å². The third kappa shape index (κ3) is 18.3. The Morgan fingerprint density at radius 2 is 1.33 bits per heavy atom. The SMILES string of the molecule is COCCOCCOCCOCCC(=O)[O-].COCC[N+]1(C)CCOCC1. The van der Waals surface area contributed by atoms with Crippen molar-refractivity contribution in [1.29, 1.82) is 0 Å². The van der Waals surface area contributed by atoms with Gasteiger partial charge in [0.05, 0.1) is 73.1 Å². The summed E-state index contributed by atoms with van der Waals surface area (Å²) in [4.78, 5) is 10.0. The maximum atomic E-state index is 10.0. The van der Waals surface area contributed by atoms with Crippen LogP contribution >= 0.6 is 0 Å². The van der Waals surface area contributed by atoms with E-state index in [4.69, 9.17) is 28.4 Å². The van der Waals surface area contributed by atoms with Crippen LogP contribution in [-0.2, 0) is 33.2 Å². The fourth-order valence-corrected chi connectivity index (χ4v) is 2.16. The lowest BCUT2D eigenvalue weighted by Crippen LogP contribution is -2.53. The maximum absolute atomic E-state index is 10.0. The van der Waals surface area contributed by atoms with Gasteiger partial charge in [0.2, 0.25) is 0 Å². The highest BCUT2D eigenvalue weighted by atomic mass is 16.6. The van der Waals surface area contributed by atoms with Crippen molar-refractivity contribution in [2.45, 2.75) is 6.42 Å². The van der Waals surface area contributed by atoms with Crippen LogP contribution in [0.4, 0.5) is 0 Å². The summed E-state index contributed by atoms with van der Waals surface area (Å²) in [6.07, 6.45) is -0.0832. The van der Waals surface area contributed by atoms with Gasteiger partial charge in [-0.05, 0) is 0 Å². The van der Waals surface area contributed by atoms with Gasteiger partial charge in [-0.15, -0.1) is 0 Å². The Balaban J connectivity index is 0.000000533. The van der Waals surface area contributed by atoms with Gasteiger partial charge >= 0.3 is 0 Å².